The van der Waals surface area contributed by atoms with Crippen molar-refractivity contribution in [2.24, 2.45) is 0 Å². The number of urea groups is 1. The number of nitrogens with zero attached hydrogens (tertiary/aromatic N) is 1. The van der Waals surface area contributed by atoms with E-state index in [1.165, 1.54) is 0 Å². The third-order valence-electron chi connectivity index (χ3n) is 2.22. The molecule has 0 radical (unpaired) electrons. The summed E-state index contributed by atoms with van der Waals surface area (Å²) in [5, 5.41) is 12.3. The lowest BCUT2D eigenvalue weighted by Crippen LogP contribution is -2.49. The summed E-state index contributed by atoms with van der Waals surface area (Å²) < 4.78 is 0. The zero-order valence-electron chi connectivity index (χ0n) is 8.12. The van der Waals surface area contributed by atoms with E-state index in [1.54, 1.807) is 4.90 Å². The number of aliphatic hydroxyl groups excluding tert-OH is 1. The van der Waals surface area contributed by atoms with Gasteiger partial charge in [-0.2, -0.15) is 0 Å². The molecule has 1 unspecified atom stereocenters. The molecule has 2 amide bonds. The van der Waals surface area contributed by atoms with E-state index in [9.17, 15) is 9.90 Å². The highest BCUT2D eigenvalue weighted by atomic mass is 16.3. The van der Waals surface area contributed by atoms with Crippen LogP contribution in [0.5, 0.6) is 0 Å². The van der Waals surface area contributed by atoms with Gasteiger partial charge in [0.1, 0.15) is 0 Å². The summed E-state index contributed by atoms with van der Waals surface area (Å²) in [5.74, 6) is 0. The molecule has 0 aromatic rings. The number of rotatable bonds is 4. The normalized spacial score (nSPS) is 19.8. The Morgan fingerprint density at radius 3 is 3.08 bits per heavy atom. The van der Waals surface area contributed by atoms with Crippen LogP contribution in [0.25, 0.3) is 0 Å². The van der Waals surface area contributed by atoms with Crippen molar-refractivity contribution in [2.75, 3.05) is 19.6 Å². The molecule has 0 aromatic heterocycles. The first-order chi connectivity index (χ1) is 6.24. The van der Waals surface area contributed by atoms with Crippen LogP contribution < -0.4 is 5.32 Å². The molecule has 1 atom stereocenters. The van der Waals surface area contributed by atoms with Crippen molar-refractivity contribution >= 4 is 6.03 Å². The molecule has 13 heavy (non-hydrogen) atoms. The van der Waals surface area contributed by atoms with E-state index in [-0.39, 0.29) is 12.1 Å². The van der Waals surface area contributed by atoms with Gasteiger partial charge in [-0.05, 0) is 12.8 Å². The van der Waals surface area contributed by atoms with Crippen molar-refractivity contribution in [1.29, 1.82) is 0 Å². The van der Waals surface area contributed by atoms with Crippen LogP contribution in [0.1, 0.15) is 26.2 Å². The fourth-order valence-corrected chi connectivity index (χ4v) is 1.53. The van der Waals surface area contributed by atoms with E-state index in [1.807, 2.05) is 6.92 Å². The minimum absolute atomic E-state index is 0.0404. The van der Waals surface area contributed by atoms with E-state index >= 15 is 0 Å². The fraction of sp³-hybridized carbons (Fsp3) is 0.889. The largest absolute Gasteiger partial charge is 0.391 e. The fourth-order valence-electron chi connectivity index (χ4n) is 1.53. The Kier molecular flexibility index (Phi) is 4.02. The zero-order chi connectivity index (χ0) is 9.68. The third-order valence-corrected chi connectivity index (χ3v) is 2.22. The molecule has 0 bridgehead atoms. The number of amides is 2. The van der Waals surface area contributed by atoms with Gasteiger partial charge in [0.2, 0.25) is 0 Å². The monoisotopic (exact) mass is 186 g/mol. The van der Waals surface area contributed by atoms with Gasteiger partial charge in [-0.1, -0.05) is 13.3 Å². The van der Waals surface area contributed by atoms with Gasteiger partial charge in [-0.15, -0.1) is 0 Å². The lowest BCUT2D eigenvalue weighted by Gasteiger charge is -2.29. The summed E-state index contributed by atoms with van der Waals surface area (Å²) in [6.07, 6.45) is 2.33. The smallest absolute Gasteiger partial charge is 0.317 e. The predicted molar refractivity (Wildman–Crippen MR) is 50.5 cm³/mol. The van der Waals surface area contributed by atoms with Crippen molar-refractivity contribution in [2.45, 2.75) is 32.3 Å². The van der Waals surface area contributed by atoms with Gasteiger partial charge < -0.3 is 15.3 Å². The number of carbonyl (C=O) groups is 1. The minimum Gasteiger partial charge on any atom is -0.391 e. The third kappa shape index (κ3) is 3.22. The molecule has 2 N–H and O–H groups in total. The summed E-state index contributed by atoms with van der Waals surface area (Å²) in [5.41, 5.74) is 0. The molecular weight excluding hydrogens is 168 g/mol. The lowest BCUT2D eigenvalue weighted by molar-refractivity contribution is 0.107. The molecule has 1 aliphatic heterocycles. The van der Waals surface area contributed by atoms with E-state index in [0.717, 1.165) is 32.4 Å². The van der Waals surface area contributed by atoms with E-state index < -0.39 is 0 Å². The molecular formula is C9H18N2O2. The second kappa shape index (κ2) is 5.07. The van der Waals surface area contributed by atoms with E-state index in [2.05, 4.69) is 5.32 Å². The maximum absolute atomic E-state index is 11.2. The van der Waals surface area contributed by atoms with Gasteiger partial charge in [0, 0.05) is 19.6 Å². The van der Waals surface area contributed by atoms with Crippen LogP contribution in [0, 0.1) is 0 Å². The van der Waals surface area contributed by atoms with E-state index in [0.29, 0.717) is 6.54 Å². The van der Waals surface area contributed by atoms with Crippen molar-refractivity contribution in [3.63, 3.8) is 0 Å². The van der Waals surface area contributed by atoms with Crippen LogP contribution >= 0.6 is 0 Å². The highest BCUT2D eigenvalue weighted by Crippen LogP contribution is 2.04. The molecule has 1 saturated heterocycles. The Hall–Kier alpha value is -0.770. The van der Waals surface area contributed by atoms with Crippen molar-refractivity contribution in [3.8, 4) is 0 Å². The summed E-state index contributed by atoms with van der Waals surface area (Å²) in [4.78, 5) is 12.9. The van der Waals surface area contributed by atoms with Gasteiger partial charge in [0.15, 0.2) is 0 Å². The Balaban J connectivity index is 2.29. The molecule has 0 aromatic carbocycles. The van der Waals surface area contributed by atoms with Crippen LogP contribution in [0.2, 0.25) is 0 Å². The van der Waals surface area contributed by atoms with Crippen LogP contribution in [0.3, 0.4) is 0 Å². The Morgan fingerprint density at radius 1 is 1.69 bits per heavy atom. The van der Waals surface area contributed by atoms with Crippen molar-refractivity contribution < 1.29 is 9.90 Å². The molecule has 1 rings (SSSR count). The summed E-state index contributed by atoms with van der Waals surface area (Å²) >= 11 is 0. The first-order valence-electron chi connectivity index (χ1n) is 4.95. The van der Waals surface area contributed by atoms with Gasteiger partial charge in [-0.3, -0.25) is 0 Å². The highest BCUT2D eigenvalue weighted by molar-refractivity contribution is 5.74. The van der Waals surface area contributed by atoms with Gasteiger partial charge in [0.05, 0.1) is 6.10 Å². The molecule has 0 saturated carbocycles. The highest BCUT2D eigenvalue weighted by Gasteiger charge is 2.19. The first-order valence-corrected chi connectivity index (χ1v) is 4.95. The molecule has 0 spiro atoms. The van der Waals surface area contributed by atoms with E-state index in [4.69, 9.17) is 0 Å². The summed E-state index contributed by atoms with van der Waals surface area (Å²) in [6, 6.07) is -0.0404. The quantitative estimate of drug-likeness (QED) is 0.674. The summed E-state index contributed by atoms with van der Waals surface area (Å²) in [7, 11) is 0. The molecule has 0 aliphatic carbocycles. The number of nitrogens with one attached hydrogen (secondary N) is 1. The van der Waals surface area contributed by atoms with Gasteiger partial charge in [-0.25, -0.2) is 4.79 Å². The average molecular weight is 186 g/mol. The Labute approximate surface area is 78.9 Å². The van der Waals surface area contributed by atoms with Crippen molar-refractivity contribution in [1.82, 2.24) is 10.2 Å². The molecule has 1 fully saturated rings. The predicted octanol–water partition coefficient (Wildman–Crippen LogP) is 0.563. The lowest BCUT2D eigenvalue weighted by atomic mass is 10.2. The average Bonchev–Trinajstić information content (AvgIpc) is 2.09. The minimum atomic E-state index is -0.367. The zero-order valence-corrected chi connectivity index (χ0v) is 8.12. The number of hydrogen-bond acceptors (Lipinski definition) is 2. The standard InChI is InChI=1S/C9H18N2O2/c1-2-4-8(12)7-11-6-3-5-10-9(11)13/h8,12H,2-7H2,1H3,(H,10,13). The van der Waals surface area contributed by atoms with Crippen LogP contribution in [0.4, 0.5) is 4.79 Å². The van der Waals surface area contributed by atoms with Crippen LogP contribution in [-0.2, 0) is 0 Å². The van der Waals surface area contributed by atoms with Crippen molar-refractivity contribution in [3.05, 3.63) is 0 Å². The second-order valence-electron chi connectivity index (χ2n) is 3.47. The number of aliphatic hydroxyl groups is 1. The summed E-state index contributed by atoms with van der Waals surface area (Å²) in [6.45, 7) is 4.03. The first kappa shape index (κ1) is 10.3. The Morgan fingerprint density at radius 2 is 2.46 bits per heavy atom. The molecule has 4 heteroatoms. The van der Waals surface area contributed by atoms with Crippen LogP contribution in [-0.4, -0.2) is 41.8 Å². The SMILES string of the molecule is CCCC(O)CN1CCCNC1=O. The maximum Gasteiger partial charge on any atom is 0.317 e. The Bertz CT molecular complexity index is 173. The van der Waals surface area contributed by atoms with Gasteiger partial charge >= 0.3 is 6.03 Å². The maximum atomic E-state index is 11.2. The molecule has 4 nitrogen and oxygen atoms in total. The number of carbonyl (C=O) groups excluding carboxylic acids is 1. The number of hydrogen-bond donors (Lipinski definition) is 2. The van der Waals surface area contributed by atoms with Crippen LogP contribution in [0.15, 0.2) is 0 Å². The van der Waals surface area contributed by atoms with Gasteiger partial charge in [0.25, 0.3) is 0 Å². The molecule has 76 valence electrons. The second-order valence-corrected chi connectivity index (χ2v) is 3.47. The molecule has 1 aliphatic rings. The number of β-amino-alcohol motifs (C(OH)–C–C–N with tert-alkyl or cyclic N) is 1. The topological polar surface area (TPSA) is 52.6 Å². The molecule has 1 heterocycles.